The number of aliphatic carboxylic acids is 2. The summed E-state index contributed by atoms with van der Waals surface area (Å²) in [6.07, 6.45) is 26.5. The average molecular weight is 469 g/mol. The summed E-state index contributed by atoms with van der Waals surface area (Å²) < 4.78 is 0. The summed E-state index contributed by atoms with van der Waals surface area (Å²) in [6.45, 7) is 4.49. The van der Waals surface area contributed by atoms with Crippen molar-refractivity contribution in [3.05, 3.63) is 0 Å². The van der Waals surface area contributed by atoms with E-state index in [0.29, 0.717) is 12.8 Å². The van der Waals surface area contributed by atoms with Crippen LogP contribution in [0.25, 0.3) is 0 Å². The van der Waals surface area contributed by atoms with Crippen molar-refractivity contribution in [2.45, 2.75) is 168 Å². The molecule has 0 radical (unpaired) electrons. The molecule has 0 aliphatic heterocycles. The lowest BCUT2D eigenvalue weighted by molar-refractivity contribution is -0.138. The van der Waals surface area contributed by atoms with Crippen molar-refractivity contribution in [3.8, 4) is 0 Å². The third-order valence-corrected chi connectivity index (χ3v) is 7.36. The van der Waals surface area contributed by atoms with Crippen molar-refractivity contribution in [1.29, 1.82) is 0 Å². The molecule has 33 heavy (non-hydrogen) atoms. The summed E-state index contributed by atoms with van der Waals surface area (Å²) in [5.41, 5.74) is -0.112. The van der Waals surface area contributed by atoms with E-state index in [9.17, 15) is 19.8 Å². The Balaban J connectivity index is 4.48. The number of carbonyl (C=O) groups is 2. The van der Waals surface area contributed by atoms with Gasteiger partial charge < -0.3 is 10.2 Å². The molecule has 0 aliphatic carbocycles. The van der Waals surface area contributed by atoms with Crippen LogP contribution in [0.4, 0.5) is 0 Å². The van der Waals surface area contributed by atoms with Gasteiger partial charge in [-0.05, 0) is 31.1 Å². The first kappa shape index (κ1) is 31.9. The van der Waals surface area contributed by atoms with Gasteiger partial charge in [0.2, 0.25) is 0 Å². The highest BCUT2D eigenvalue weighted by molar-refractivity contribution is 5.67. The number of carboxylic acids is 2. The highest BCUT2D eigenvalue weighted by atomic mass is 16.4. The normalized spacial score (nSPS) is 11.7. The second-order valence-corrected chi connectivity index (χ2v) is 10.4. The molecule has 0 amide bonds. The van der Waals surface area contributed by atoms with Gasteiger partial charge in [0.1, 0.15) is 0 Å². The van der Waals surface area contributed by atoms with Gasteiger partial charge in [0.05, 0.1) is 0 Å². The van der Waals surface area contributed by atoms with Crippen LogP contribution in [0.2, 0.25) is 0 Å². The minimum Gasteiger partial charge on any atom is -0.481 e. The topological polar surface area (TPSA) is 74.6 Å². The first-order valence-electron chi connectivity index (χ1n) is 14.4. The second kappa shape index (κ2) is 22.7. The molecule has 0 aromatic rings. The van der Waals surface area contributed by atoms with Crippen molar-refractivity contribution in [2.24, 2.45) is 5.41 Å². The molecular formula is C29H56O4. The van der Waals surface area contributed by atoms with Crippen LogP contribution in [0.5, 0.6) is 0 Å². The summed E-state index contributed by atoms with van der Waals surface area (Å²) in [7, 11) is 0. The van der Waals surface area contributed by atoms with Crippen molar-refractivity contribution in [1.82, 2.24) is 0 Å². The smallest absolute Gasteiger partial charge is 0.303 e. The van der Waals surface area contributed by atoms with Gasteiger partial charge in [-0.25, -0.2) is 0 Å². The Morgan fingerprint density at radius 1 is 0.455 bits per heavy atom. The Bertz CT molecular complexity index is 419. The van der Waals surface area contributed by atoms with E-state index in [1.807, 2.05) is 0 Å². The van der Waals surface area contributed by atoms with Crippen molar-refractivity contribution < 1.29 is 19.8 Å². The van der Waals surface area contributed by atoms with Crippen LogP contribution in [-0.2, 0) is 9.59 Å². The molecular weight excluding hydrogens is 412 g/mol. The maximum Gasteiger partial charge on any atom is 0.303 e. The van der Waals surface area contributed by atoms with E-state index < -0.39 is 11.9 Å². The molecule has 0 saturated carbocycles. The largest absolute Gasteiger partial charge is 0.481 e. The third-order valence-electron chi connectivity index (χ3n) is 7.36. The Morgan fingerprint density at radius 2 is 0.727 bits per heavy atom. The van der Waals surface area contributed by atoms with Crippen LogP contribution < -0.4 is 0 Å². The van der Waals surface area contributed by atoms with Gasteiger partial charge in [0, 0.05) is 12.8 Å². The molecule has 4 heteroatoms. The molecule has 0 aliphatic rings. The van der Waals surface area contributed by atoms with Crippen LogP contribution in [-0.4, -0.2) is 22.2 Å². The van der Waals surface area contributed by atoms with Crippen molar-refractivity contribution in [2.75, 3.05) is 0 Å². The lowest BCUT2D eigenvalue weighted by Crippen LogP contribution is -2.24. The number of unbranched alkanes of at least 4 members (excludes halogenated alkanes) is 16. The number of hydrogen-bond acceptors (Lipinski definition) is 2. The quantitative estimate of drug-likeness (QED) is 0.124. The van der Waals surface area contributed by atoms with E-state index in [0.717, 1.165) is 25.7 Å². The van der Waals surface area contributed by atoms with Crippen LogP contribution in [0.15, 0.2) is 0 Å². The van der Waals surface area contributed by atoms with Crippen molar-refractivity contribution >= 4 is 11.9 Å². The fraction of sp³-hybridized carbons (Fsp3) is 0.931. The Labute approximate surface area is 205 Å². The molecule has 0 aromatic carbocycles. The predicted octanol–water partition coefficient (Wildman–Crippen LogP) is 9.54. The number of carboxylic acid groups (broad SMARTS) is 2. The Morgan fingerprint density at radius 3 is 1.00 bits per heavy atom. The summed E-state index contributed by atoms with van der Waals surface area (Å²) in [6, 6.07) is 0. The van der Waals surface area contributed by atoms with E-state index >= 15 is 0 Å². The fourth-order valence-corrected chi connectivity index (χ4v) is 5.12. The third kappa shape index (κ3) is 21.2. The zero-order valence-electron chi connectivity index (χ0n) is 22.2. The SMILES string of the molecule is CCCCCCCCCCCC(CCCCCCCCCCC)(CCC(=O)O)CCC(=O)O. The molecule has 196 valence electrons. The van der Waals surface area contributed by atoms with E-state index in [1.165, 1.54) is 103 Å². The number of hydrogen-bond donors (Lipinski definition) is 2. The van der Waals surface area contributed by atoms with Gasteiger partial charge in [-0.15, -0.1) is 0 Å². The lowest BCUT2D eigenvalue weighted by atomic mass is 9.71. The van der Waals surface area contributed by atoms with Crippen LogP contribution in [0, 0.1) is 5.41 Å². The fourth-order valence-electron chi connectivity index (χ4n) is 5.12. The molecule has 0 bridgehead atoms. The maximum atomic E-state index is 11.3. The van der Waals surface area contributed by atoms with Crippen molar-refractivity contribution in [3.63, 3.8) is 0 Å². The van der Waals surface area contributed by atoms with Crippen LogP contribution >= 0.6 is 0 Å². The Hall–Kier alpha value is -1.06. The first-order chi connectivity index (χ1) is 16.0. The second-order valence-electron chi connectivity index (χ2n) is 10.4. The standard InChI is InChI=1S/C29H56O4/c1-3-5-7-9-11-13-15-17-19-23-29(25-21-27(30)31,26-22-28(32)33)24-20-18-16-14-12-10-8-6-4-2/h3-26H2,1-2H3,(H,30,31)(H,32,33). The van der Waals surface area contributed by atoms with E-state index in [4.69, 9.17) is 0 Å². The van der Waals surface area contributed by atoms with Gasteiger partial charge >= 0.3 is 11.9 Å². The lowest BCUT2D eigenvalue weighted by Gasteiger charge is -2.34. The van der Waals surface area contributed by atoms with Gasteiger partial charge in [0.15, 0.2) is 0 Å². The Kier molecular flexibility index (Phi) is 22.0. The first-order valence-corrected chi connectivity index (χ1v) is 14.4. The summed E-state index contributed by atoms with van der Waals surface area (Å²) in [5, 5.41) is 18.6. The molecule has 2 N–H and O–H groups in total. The van der Waals surface area contributed by atoms with Gasteiger partial charge in [0.25, 0.3) is 0 Å². The van der Waals surface area contributed by atoms with E-state index in [1.54, 1.807) is 0 Å². The molecule has 0 spiro atoms. The average Bonchev–Trinajstić information content (AvgIpc) is 2.79. The molecule has 0 fully saturated rings. The van der Waals surface area contributed by atoms with Crippen LogP contribution in [0.3, 0.4) is 0 Å². The van der Waals surface area contributed by atoms with Gasteiger partial charge in [-0.3, -0.25) is 9.59 Å². The van der Waals surface area contributed by atoms with Crippen LogP contribution in [0.1, 0.15) is 168 Å². The minimum atomic E-state index is -0.756. The zero-order valence-corrected chi connectivity index (χ0v) is 22.2. The van der Waals surface area contributed by atoms with E-state index in [-0.39, 0.29) is 18.3 Å². The monoisotopic (exact) mass is 468 g/mol. The molecule has 4 nitrogen and oxygen atoms in total. The van der Waals surface area contributed by atoms with Gasteiger partial charge in [-0.1, -0.05) is 129 Å². The predicted molar refractivity (Wildman–Crippen MR) is 140 cm³/mol. The molecule has 0 atom stereocenters. The molecule has 0 heterocycles. The summed E-state index contributed by atoms with van der Waals surface area (Å²) >= 11 is 0. The molecule has 0 saturated heterocycles. The van der Waals surface area contributed by atoms with Gasteiger partial charge in [-0.2, -0.15) is 0 Å². The highest BCUT2D eigenvalue weighted by Gasteiger charge is 2.30. The molecule has 0 aromatic heterocycles. The van der Waals surface area contributed by atoms with E-state index in [2.05, 4.69) is 13.8 Å². The summed E-state index contributed by atoms with van der Waals surface area (Å²) in [5.74, 6) is -1.51. The maximum absolute atomic E-state index is 11.3. The highest BCUT2D eigenvalue weighted by Crippen LogP contribution is 2.41. The molecule has 0 unspecified atom stereocenters. The zero-order chi connectivity index (χ0) is 24.6. The minimum absolute atomic E-state index is 0.112. The summed E-state index contributed by atoms with van der Waals surface area (Å²) in [4.78, 5) is 22.6. The molecule has 0 rings (SSSR count). The number of rotatable bonds is 26.